The summed E-state index contributed by atoms with van der Waals surface area (Å²) in [6.07, 6.45) is 1.60. The number of carbonyl (C=O) groups is 3. The third-order valence-electron chi connectivity index (χ3n) is 3.86. The third-order valence-corrected chi connectivity index (χ3v) is 5.79. The summed E-state index contributed by atoms with van der Waals surface area (Å²) < 4.78 is 7.28. The minimum absolute atomic E-state index is 0.241. The van der Waals surface area contributed by atoms with Crippen LogP contribution in [0.25, 0.3) is 6.08 Å². The molecule has 0 aliphatic carbocycles. The summed E-state index contributed by atoms with van der Waals surface area (Å²) in [5.41, 5.74) is 1.25. The zero-order valence-corrected chi connectivity index (χ0v) is 19.3. The molecule has 1 fully saturated rings. The number of amides is 3. The van der Waals surface area contributed by atoms with Gasteiger partial charge >= 0.3 is 0 Å². The summed E-state index contributed by atoms with van der Waals surface area (Å²) in [7, 11) is 0. The van der Waals surface area contributed by atoms with E-state index in [2.05, 4.69) is 37.2 Å². The summed E-state index contributed by atoms with van der Waals surface area (Å²) >= 11 is 7.52. The molecule has 0 unspecified atom stereocenters. The van der Waals surface area contributed by atoms with E-state index >= 15 is 0 Å². The molecule has 0 spiro atoms. The van der Waals surface area contributed by atoms with E-state index in [4.69, 9.17) is 4.74 Å². The lowest BCUT2D eigenvalue weighted by atomic mass is 10.2. The lowest BCUT2D eigenvalue weighted by molar-refractivity contribution is -0.127. The van der Waals surface area contributed by atoms with Gasteiger partial charge in [-0.05, 0) is 67.2 Å². The van der Waals surface area contributed by atoms with Crippen molar-refractivity contribution in [1.29, 1.82) is 0 Å². The van der Waals surface area contributed by atoms with Crippen molar-refractivity contribution in [3.63, 3.8) is 0 Å². The number of ether oxygens (including phenoxy) is 1. The Kier molecular flexibility index (Phi) is 7.15. The van der Waals surface area contributed by atoms with Crippen molar-refractivity contribution in [3.8, 4) is 5.75 Å². The van der Waals surface area contributed by atoms with Crippen molar-refractivity contribution in [2.24, 2.45) is 0 Å². The van der Waals surface area contributed by atoms with E-state index < -0.39 is 17.1 Å². The van der Waals surface area contributed by atoms with E-state index in [0.717, 1.165) is 25.6 Å². The predicted octanol–water partition coefficient (Wildman–Crippen LogP) is 5.29. The van der Waals surface area contributed by atoms with Crippen LogP contribution < -0.4 is 10.1 Å². The second-order valence-electron chi connectivity index (χ2n) is 5.94. The minimum Gasteiger partial charge on any atom is -0.493 e. The number of thioether (sulfide) groups is 1. The molecule has 150 valence electrons. The average Bonchev–Trinajstić information content (AvgIpc) is 2.93. The lowest BCUT2D eigenvalue weighted by Crippen LogP contribution is -2.36. The maximum atomic E-state index is 12.7. The molecular weight excluding hydrogens is 524 g/mol. The number of carbonyl (C=O) groups excluding carboxylic acids is 3. The smallest absolute Gasteiger partial charge is 0.294 e. The van der Waals surface area contributed by atoms with E-state index in [1.807, 2.05) is 13.0 Å². The Labute approximate surface area is 188 Å². The number of nitrogens with one attached hydrogen (secondary N) is 1. The Morgan fingerprint density at radius 2 is 1.83 bits per heavy atom. The highest BCUT2D eigenvalue weighted by atomic mass is 79.9. The molecular formula is C20H16Br2N2O4S. The molecule has 29 heavy (non-hydrogen) atoms. The summed E-state index contributed by atoms with van der Waals surface area (Å²) in [4.78, 5) is 38.4. The van der Waals surface area contributed by atoms with E-state index in [9.17, 15) is 14.4 Å². The first-order valence-corrected chi connectivity index (χ1v) is 11.0. The normalized spacial score (nSPS) is 15.1. The number of nitrogens with zero attached hydrogens (tertiary/aromatic N) is 1. The summed E-state index contributed by atoms with van der Waals surface area (Å²) in [6.45, 7) is 1.98. The molecule has 1 aliphatic rings. The van der Waals surface area contributed by atoms with Gasteiger partial charge in [-0.25, -0.2) is 0 Å². The number of benzene rings is 2. The van der Waals surface area contributed by atoms with Crippen LogP contribution in [0, 0.1) is 0 Å². The molecule has 0 saturated carbocycles. The van der Waals surface area contributed by atoms with Crippen molar-refractivity contribution in [2.45, 2.75) is 6.92 Å². The number of hydrogen-bond donors (Lipinski definition) is 1. The molecule has 0 bridgehead atoms. The van der Waals surface area contributed by atoms with Crippen LogP contribution in [0.15, 0.2) is 56.3 Å². The molecule has 1 saturated heterocycles. The number of halogens is 2. The van der Waals surface area contributed by atoms with Crippen LogP contribution in [0.4, 0.5) is 10.5 Å². The van der Waals surface area contributed by atoms with Gasteiger partial charge in [0.15, 0.2) is 0 Å². The molecule has 0 atom stereocenters. The van der Waals surface area contributed by atoms with Gasteiger partial charge in [0.05, 0.1) is 11.5 Å². The SMILES string of the molecule is CCOc1ccc(Br)cc1/C=C1/SC(=O)N(CC(=O)Nc2ccc(Br)cc2)C1=O. The van der Waals surface area contributed by atoms with Gasteiger partial charge in [0.1, 0.15) is 12.3 Å². The molecule has 6 nitrogen and oxygen atoms in total. The fraction of sp³-hybridized carbons (Fsp3) is 0.150. The highest BCUT2D eigenvalue weighted by Gasteiger charge is 2.36. The van der Waals surface area contributed by atoms with Crippen LogP contribution in [-0.4, -0.2) is 35.1 Å². The van der Waals surface area contributed by atoms with Gasteiger partial charge in [-0.2, -0.15) is 0 Å². The van der Waals surface area contributed by atoms with E-state index in [1.165, 1.54) is 0 Å². The van der Waals surface area contributed by atoms with Crippen LogP contribution in [-0.2, 0) is 9.59 Å². The number of hydrogen-bond acceptors (Lipinski definition) is 5. The average molecular weight is 540 g/mol. The molecule has 1 heterocycles. The largest absolute Gasteiger partial charge is 0.493 e. The molecule has 2 aromatic carbocycles. The maximum absolute atomic E-state index is 12.7. The predicted molar refractivity (Wildman–Crippen MR) is 121 cm³/mol. The highest BCUT2D eigenvalue weighted by molar-refractivity contribution is 9.10. The van der Waals surface area contributed by atoms with Gasteiger partial charge in [0.25, 0.3) is 11.1 Å². The highest BCUT2D eigenvalue weighted by Crippen LogP contribution is 2.34. The Bertz CT molecular complexity index is 992. The summed E-state index contributed by atoms with van der Waals surface area (Å²) in [6, 6.07) is 12.4. The van der Waals surface area contributed by atoms with Gasteiger partial charge < -0.3 is 10.1 Å². The van der Waals surface area contributed by atoms with E-state index in [0.29, 0.717) is 23.6 Å². The monoisotopic (exact) mass is 538 g/mol. The lowest BCUT2D eigenvalue weighted by Gasteiger charge is -2.12. The van der Waals surface area contributed by atoms with Gasteiger partial charge in [0.2, 0.25) is 5.91 Å². The first kappa shape index (κ1) is 21.6. The Morgan fingerprint density at radius 1 is 1.14 bits per heavy atom. The van der Waals surface area contributed by atoms with Crippen molar-refractivity contribution in [3.05, 3.63) is 61.9 Å². The molecule has 1 N–H and O–H groups in total. The second kappa shape index (κ2) is 9.60. The summed E-state index contributed by atoms with van der Waals surface area (Å²) in [5, 5.41) is 2.19. The van der Waals surface area contributed by atoms with Crippen molar-refractivity contribution >= 4 is 72.4 Å². The molecule has 3 rings (SSSR count). The van der Waals surface area contributed by atoms with Crippen molar-refractivity contribution in [1.82, 2.24) is 4.90 Å². The van der Waals surface area contributed by atoms with Gasteiger partial charge in [-0.3, -0.25) is 19.3 Å². The molecule has 3 amide bonds. The van der Waals surface area contributed by atoms with Crippen LogP contribution in [0.2, 0.25) is 0 Å². The second-order valence-corrected chi connectivity index (χ2v) is 8.76. The zero-order valence-electron chi connectivity index (χ0n) is 15.3. The van der Waals surface area contributed by atoms with Crippen LogP contribution in [0.3, 0.4) is 0 Å². The van der Waals surface area contributed by atoms with Crippen LogP contribution >= 0.6 is 43.6 Å². The Hall–Kier alpha value is -2.10. The summed E-state index contributed by atoms with van der Waals surface area (Å²) in [5.74, 6) is -0.350. The van der Waals surface area contributed by atoms with E-state index in [1.54, 1.807) is 42.5 Å². The topological polar surface area (TPSA) is 75.7 Å². The molecule has 2 aromatic rings. The zero-order chi connectivity index (χ0) is 21.0. The van der Waals surface area contributed by atoms with Crippen LogP contribution in [0.1, 0.15) is 12.5 Å². The molecule has 1 aliphatic heterocycles. The van der Waals surface area contributed by atoms with E-state index in [-0.39, 0.29) is 11.4 Å². The molecule has 0 aromatic heterocycles. The van der Waals surface area contributed by atoms with Crippen LogP contribution in [0.5, 0.6) is 5.75 Å². The maximum Gasteiger partial charge on any atom is 0.294 e. The number of anilines is 1. The van der Waals surface area contributed by atoms with Gasteiger partial charge in [-0.15, -0.1) is 0 Å². The minimum atomic E-state index is -0.506. The van der Waals surface area contributed by atoms with Gasteiger partial charge in [0, 0.05) is 20.2 Å². The molecule has 9 heteroatoms. The van der Waals surface area contributed by atoms with Crippen molar-refractivity contribution < 1.29 is 19.1 Å². The van der Waals surface area contributed by atoms with Crippen molar-refractivity contribution in [2.75, 3.05) is 18.5 Å². The quantitative estimate of drug-likeness (QED) is 0.505. The number of imide groups is 1. The fourth-order valence-electron chi connectivity index (χ4n) is 2.57. The Morgan fingerprint density at radius 3 is 2.52 bits per heavy atom. The fourth-order valence-corrected chi connectivity index (χ4v) is 4.05. The van der Waals surface area contributed by atoms with Gasteiger partial charge in [-0.1, -0.05) is 31.9 Å². The standard InChI is InChI=1S/C20H16Br2N2O4S/c1-2-28-16-8-5-14(22)9-12(16)10-17-19(26)24(20(27)29-17)11-18(25)23-15-6-3-13(21)4-7-15/h3-10H,2,11H2,1H3,(H,23,25)/b17-10+. The first-order chi connectivity index (χ1) is 13.9. The third kappa shape index (κ3) is 5.49. The number of rotatable bonds is 6. The molecule has 0 radical (unpaired) electrons. The first-order valence-electron chi connectivity index (χ1n) is 8.60. The Balaban J connectivity index is 1.74.